The van der Waals surface area contributed by atoms with Gasteiger partial charge < -0.3 is 4.74 Å². The lowest BCUT2D eigenvalue weighted by molar-refractivity contribution is 0.145. The maximum absolute atomic E-state index is 13.0. The van der Waals surface area contributed by atoms with Gasteiger partial charge in [0.05, 0.1) is 18.2 Å². The van der Waals surface area contributed by atoms with E-state index in [-0.39, 0.29) is 15.7 Å². The number of sulfonamides is 1. The Labute approximate surface area is 202 Å². The molecule has 174 valence electrons. The molecule has 0 aliphatic rings. The van der Waals surface area contributed by atoms with E-state index in [4.69, 9.17) is 4.74 Å². The fourth-order valence-electron chi connectivity index (χ4n) is 2.71. The molecule has 1 aromatic heterocycles. The second-order valence-corrected chi connectivity index (χ2v) is 10.2. The molecule has 0 fully saturated rings. The van der Waals surface area contributed by atoms with Crippen LogP contribution in [0.5, 0.6) is 5.75 Å². The van der Waals surface area contributed by atoms with Crippen LogP contribution in [0.1, 0.15) is 28.9 Å². The van der Waals surface area contributed by atoms with Crippen LogP contribution in [-0.4, -0.2) is 31.7 Å². The molecule has 0 amide bonds. The van der Waals surface area contributed by atoms with Crippen LogP contribution in [0, 0.1) is 6.92 Å². The molecule has 7 nitrogen and oxygen atoms in total. The zero-order valence-electron chi connectivity index (χ0n) is 17.5. The maximum atomic E-state index is 13.0. The third-order valence-corrected chi connectivity index (χ3v) is 6.91. The van der Waals surface area contributed by atoms with Crippen LogP contribution >= 0.6 is 27.7 Å². The summed E-state index contributed by atoms with van der Waals surface area (Å²) < 4.78 is 56.8. The van der Waals surface area contributed by atoms with Gasteiger partial charge in [-0.1, -0.05) is 27.7 Å². The third-order valence-electron chi connectivity index (χ3n) is 4.25. The van der Waals surface area contributed by atoms with Gasteiger partial charge in [0.2, 0.25) is 0 Å². The number of hydrazone groups is 1. The van der Waals surface area contributed by atoms with Gasteiger partial charge in [-0.25, -0.2) is 23.6 Å². The summed E-state index contributed by atoms with van der Waals surface area (Å²) in [6, 6.07) is 12.6. The molecule has 12 heteroatoms. The van der Waals surface area contributed by atoms with Gasteiger partial charge in [-0.05, 0) is 61.0 Å². The smallest absolute Gasteiger partial charge is 0.280 e. The monoisotopic (exact) mass is 556 g/mol. The Morgan fingerprint density at radius 2 is 1.91 bits per heavy atom. The topological polar surface area (TPSA) is 93.5 Å². The zero-order chi connectivity index (χ0) is 24.0. The summed E-state index contributed by atoms with van der Waals surface area (Å²) in [5, 5.41) is 4.07. The Balaban J connectivity index is 1.73. The highest BCUT2D eigenvalue weighted by atomic mass is 79.9. The Morgan fingerprint density at radius 3 is 2.58 bits per heavy atom. The number of aromatic nitrogens is 2. The first-order valence-electron chi connectivity index (χ1n) is 9.42. The number of thioether (sulfide) groups is 1. The lowest BCUT2D eigenvalue weighted by Crippen LogP contribution is -2.18. The number of halogens is 3. The van der Waals surface area contributed by atoms with Crippen molar-refractivity contribution in [2.24, 2.45) is 5.10 Å². The molecule has 0 saturated heterocycles. The molecule has 0 aliphatic heterocycles. The van der Waals surface area contributed by atoms with Gasteiger partial charge >= 0.3 is 0 Å². The van der Waals surface area contributed by atoms with E-state index in [1.54, 1.807) is 37.3 Å². The summed E-state index contributed by atoms with van der Waals surface area (Å²) in [6.45, 7) is 1.63. The van der Waals surface area contributed by atoms with Gasteiger partial charge in [0.1, 0.15) is 11.4 Å². The summed E-state index contributed by atoms with van der Waals surface area (Å²) in [5.74, 6) is 0.929. The van der Waals surface area contributed by atoms with Crippen molar-refractivity contribution in [2.75, 3.05) is 7.11 Å². The number of hydrogen-bond donors (Lipinski definition) is 1. The van der Waals surface area contributed by atoms with E-state index in [1.807, 2.05) is 0 Å². The Morgan fingerprint density at radius 1 is 1.18 bits per heavy atom. The van der Waals surface area contributed by atoms with E-state index < -0.39 is 16.4 Å². The average Bonchev–Trinajstić information content (AvgIpc) is 2.77. The Bertz CT molecular complexity index is 1260. The molecular formula is C21H19BrF2N4O3S2. The summed E-state index contributed by atoms with van der Waals surface area (Å²) in [6.07, 6.45) is -1.32. The lowest BCUT2D eigenvalue weighted by Gasteiger charge is -2.10. The molecule has 3 rings (SSSR count). The van der Waals surface area contributed by atoms with E-state index in [9.17, 15) is 17.2 Å². The van der Waals surface area contributed by atoms with Crippen molar-refractivity contribution in [3.63, 3.8) is 0 Å². The van der Waals surface area contributed by atoms with E-state index in [1.165, 1.54) is 43.3 Å². The number of benzene rings is 2. The first kappa shape index (κ1) is 25.1. The van der Waals surface area contributed by atoms with Crippen LogP contribution in [0.25, 0.3) is 0 Å². The molecule has 0 atom stereocenters. The molecule has 0 saturated carbocycles. The van der Waals surface area contributed by atoms with E-state index in [2.05, 4.69) is 35.8 Å². The van der Waals surface area contributed by atoms with Crippen LogP contribution < -0.4 is 9.57 Å². The van der Waals surface area contributed by atoms with E-state index in [0.29, 0.717) is 22.8 Å². The van der Waals surface area contributed by atoms with E-state index in [0.717, 1.165) is 10.0 Å². The number of nitrogens with zero attached hydrogens (tertiary/aromatic N) is 3. The normalized spacial score (nSPS) is 11.8. The summed E-state index contributed by atoms with van der Waals surface area (Å²) >= 11 is 4.45. The minimum Gasteiger partial charge on any atom is -0.496 e. The van der Waals surface area contributed by atoms with Crippen LogP contribution in [-0.2, 0) is 15.8 Å². The minimum absolute atomic E-state index is 0.0796. The van der Waals surface area contributed by atoms with Crippen LogP contribution in [0.3, 0.4) is 0 Å². The predicted octanol–water partition coefficient (Wildman–Crippen LogP) is 5.10. The molecule has 2 aromatic carbocycles. The third kappa shape index (κ3) is 6.95. The maximum Gasteiger partial charge on any atom is 0.280 e. The number of alkyl halides is 2. The summed E-state index contributed by atoms with van der Waals surface area (Å²) in [7, 11) is -2.29. The molecule has 0 unspecified atom stereocenters. The van der Waals surface area contributed by atoms with Crippen molar-refractivity contribution >= 4 is 43.9 Å². The molecule has 0 spiro atoms. The fraction of sp³-hybridized carbons (Fsp3) is 0.190. The summed E-state index contributed by atoms with van der Waals surface area (Å²) in [4.78, 5) is 10.3. The molecule has 3 aromatic rings. The molecule has 0 radical (unpaired) electrons. The van der Waals surface area contributed by atoms with E-state index >= 15 is 0 Å². The fourth-order valence-corrected chi connectivity index (χ4v) is 4.66. The number of ether oxygens (including phenoxy) is 1. The first-order chi connectivity index (χ1) is 15.7. The van der Waals surface area contributed by atoms with Crippen LogP contribution in [0.4, 0.5) is 8.78 Å². The molecule has 0 bridgehead atoms. The Kier molecular flexibility index (Phi) is 8.38. The average molecular weight is 557 g/mol. The highest BCUT2D eigenvalue weighted by Crippen LogP contribution is 2.28. The standard InChI is InChI=1S/C21H19BrF2N4O3S2/c1-13-9-18(20(23)24)27-21(26-13)32-12-15-10-14(3-8-19(15)31-2)11-25-28-33(29,30)17-6-4-16(22)5-7-17/h3-11,20,28H,12H2,1-2H3. The number of hydrogen-bond acceptors (Lipinski definition) is 7. The molecule has 1 heterocycles. The van der Waals surface area contributed by atoms with Crippen LogP contribution in [0.15, 0.2) is 68.2 Å². The number of rotatable bonds is 9. The second-order valence-electron chi connectivity index (χ2n) is 6.68. The van der Waals surface area contributed by atoms with Crippen molar-refractivity contribution in [1.29, 1.82) is 0 Å². The highest BCUT2D eigenvalue weighted by molar-refractivity contribution is 9.10. The SMILES string of the molecule is COc1ccc(C=NNS(=O)(=O)c2ccc(Br)cc2)cc1CSc1nc(C)cc(C(F)F)n1. The van der Waals surface area contributed by atoms with Gasteiger partial charge in [-0.3, -0.25) is 0 Å². The molecule has 0 aliphatic carbocycles. The lowest BCUT2D eigenvalue weighted by atomic mass is 10.1. The summed E-state index contributed by atoms with van der Waals surface area (Å²) in [5.41, 5.74) is 1.49. The molecule has 1 N–H and O–H groups in total. The molecular weight excluding hydrogens is 538 g/mol. The van der Waals surface area contributed by atoms with Crippen molar-refractivity contribution in [2.45, 2.75) is 29.2 Å². The van der Waals surface area contributed by atoms with Gasteiger partial charge in [-0.15, -0.1) is 0 Å². The van der Waals surface area contributed by atoms with Crippen molar-refractivity contribution in [3.05, 3.63) is 75.5 Å². The first-order valence-corrected chi connectivity index (χ1v) is 12.7. The number of aryl methyl sites for hydroxylation is 1. The van der Waals surface area contributed by atoms with Crippen molar-refractivity contribution < 1.29 is 21.9 Å². The molecule has 33 heavy (non-hydrogen) atoms. The Hall–Kier alpha value is -2.57. The van der Waals surface area contributed by atoms with Crippen LogP contribution in [0.2, 0.25) is 0 Å². The van der Waals surface area contributed by atoms with Crippen molar-refractivity contribution in [3.8, 4) is 5.75 Å². The minimum atomic E-state index is -3.81. The highest BCUT2D eigenvalue weighted by Gasteiger charge is 2.14. The van der Waals surface area contributed by atoms with Gasteiger partial charge in [0.15, 0.2) is 5.16 Å². The number of nitrogens with one attached hydrogen (secondary N) is 1. The van der Waals surface area contributed by atoms with Gasteiger partial charge in [0, 0.05) is 21.5 Å². The second kappa shape index (κ2) is 11.0. The van der Waals surface area contributed by atoms with Gasteiger partial charge in [-0.2, -0.15) is 13.5 Å². The quantitative estimate of drug-likeness (QED) is 0.170. The largest absolute Gasteiger partial charge is 0.496 e. The zero-order valence-corrected chi connectivity index (χ0v) is 20.7. The number of methoxy groups -OCH3 is 1. The van der Waals surface area contributed by atoms with Gasteiger partial charge in [0.25, 0.3) is 16.4 Å². The predicted molar refractivity (Wildman–Crippen MR) is 126 cm³/mol. The van der Waals surface area contributed by atoms with Crippen molar-refractivity contribution in [1.82, 2.24) is 14.8 Å².